The molecule has 0 saturated carbocycles. The topological polar surface area (TPSA) is 87.5 Å². The SMILES string of the molecule is CC(CNC(=O)c1ccc(N2CCCCC2)c(S(=O)(=O)N2CCCCC2)c1)Cn1cccn1. The van der Waals surface area contributed by atoms with Gasteiger partial charge in [-0.2, -0.15) is 9.40 Å². The number of hydrogen-bond donors (Lipinski definition) is 1. The summed E-state index contributed by atoms with van der Waals surface area (Å²) in [5, 5.41) is 7.17. The number of piperidine rings is 2. The number of benzene rings is 1. The quantitative estimate of drug-likeness (QED) is 0.637. The van der Waals surface area contributed by atoms with Crippen molar-refractivity contribution in [2.45, 2.75) is 56.9 Å². The average Bonchev–Trinajstić information content (AvgIpc) is 3.36. The molecule has 1 unspecified atom stereocenters. The Bertz CT molecular complexity index is 1030. The van der Waals surface area contributed by atoms with Gasteiger partial charge in [0.1, 0.15) is 4.90 Å². The van der Waals surface area contributed by atoms with E-state index in [1.54, 1.807) is 22.6 Å². The third-order valence-electron chi connectivity index (χ3n) is 6.52. The van der Waals surface area contributed by atoms with Gasteiger partial charge in [-0.15, -0.1) is 0 Å². The lowest BCUT2D eigenvalue weighted by Gasteiger charge is -2.33. The summed E-state index contributed by atoms with van der Waals surface area (Å²) in [7, 11) is -3.66. The van der Waals surface area contributed by atoms with Crippen molar-refractivity contribution in [3.8, 4) is 0 Å². The summed E-state index contributed by atoms with van der Waals surface area (Å²) in [6, 6.07) is 7.04. The molecule has 33 heavy (non-hydrogen) atoms. The molecule has 1 N–H and O–H groups in total. The van der Waals surface area contributed by atoms with Gasteiger partial charge in [-0.1, -0.05) is 13.3 Å². The van der Waals surface area contributed by atoms with Crippen LogP contribution in [0.4, 0.5) is 5.69 Å². The molecule has 0 aliphatic carbocycles. The van der Waals surface area contributed by atoms with E-state index >= 15 is 0 Å². The standard InChI is InChI=1S/C24H35N5O3S/c1-20(19-28-14-8-11-26-28)18-25-24(30)21-9-10-22(27-12-4-2-5-13-27)23(17-21)33(31,32)29-15-6-3-7-16-29/h8-11,14,17,20H,2-7,12-13,15-16,18-19H2,1H3,(H,25,30). The van der Waals surface area contributed by atoms with Crippen LogP contribution in [0, 0.1) is 5.92 Å². The number of carbonyl (C=O) groups is 1. The number of rotatable bonds is 8. The monoisotopic (exact) mass is 473 g/mol. The minimum absolute atomic E-state index is 0.193. The van der Waals surface area contributed by atoms with E-state index in [9.17, 15) is 13.2 Å². The number of nitrogens with one attached hydrogen (secondary N) is 1. The first-order valence-electron chi connectivity index (χ1n) is 12.1. The lowest BCUT2D eigenvalue weighted by atomic mass is 10.1. The van der Waals surface area contributed by atoms with Crippen LogP contribution < -0.4 is 10.2 Å². The van der Waals surface area contributed by atoms with Crippen molar-refractivity contribution in [2.75, 3.05) is 37.6 Å². The van der Waals surface area contributed by atoms with Crippen LogP contribution in [0.5, 0.6) is 0 Å². The number of anilines is 1. The largest absolute Gasteiger partial charge is 0.370 e. The average molecular weight is 474 g/mol. The summed E-state index contributed by atoms with van der Waals surface area (Å²) in [6.07, 6.45) is 9.74. The van der Waals surface area contributed by atoms with Gasteiger partial charge in [-0.3, -0.25) is 9.48 Å². The molecule has 9 heteroatoms. The van der Waals surface area contributed by atoms with Crippen LogP contribution >= 0.6 is 0 Å². The smallest absolute Gasteiger partial charge is 0.251 e. The fraction of sp³-hybridized carbons (Fsp3) is 0.583. The highest BCUT2D eigenvalue weighted by Crippen LogP contribution is 2.32. The first-order valence-corrected chi connectivity index (χ1v) is 13.5. The van der Waals surface area contributed by atoms with E-state index < -0.39 is 10.0 Å². The Morgan fingerprint density at radius 3 is 2.42 bits per heavy atom. The molecule has 4 rings (SSSR count). The fourth-order valence-corrected chi connectivity index (χ4v) is 6.42. The number of hydrogen-bond acceptors (Lipinski definition) is 5. The third kappa shape index (κ3) is 5.76. The Morgan fingerprint density at radius 1 is 1.06 bits per heavy atom. The summed E-state index contributed by atoms with van der Waals surface area (Å²) >= 11 is 0. The fourth-order valence-electron chi connectivity index (χ4n) is 4.66. The van der Waals surface area contributed by atoms with Gasteiger partial charge in [-0.25, -0.2) is 8.42 Å². The van der Waals surface area contributed by atoms with Gasteiger partial charge >= 0.3 is 0 Å². The maximum atomic E-state index is 13.6. The van der Waals surface area contributed by atoms with Crippen molar-refractivity contribution in [1.82, 2.24) is 19.4 Å². The predicted octanol–water partition coefficient (Wildman–Crippen LogP) is 3.11. The van der Waals surface area contributed by atoms with Crippen molar-refractivity contribution in [2.24, 2.45) is 5.92 Å². The highest BCUT2D eigenvalue weighted by atomic mass is 32.2. The van der Waals surface area contributed by atoms with Crippen LogP contribution in [-0.2, 0) is 16.6 Å². The first kappa shape index (κ1) is 23.8. The molecule has 2 fully saturated rings. The number of sulfonamides is 1. The minimum Gasteiger partial charge on any atom is -0.370 e. The molecular weight excluding hydrogens is 438 g/mol. The Hall–Kier alpha value is -2.39. The molecule has 0 radical (unpaired) electrons. The van der Waals surface area contributed by atoms with E-state index in [4.69, 9.17) is 0 Å². The molecule has 2 aromatic rings. The summed E-state index contributed by atoms with van der Waals surface area (Å²) < 4.78 is 30.7. The van der Waals surface area contributed by atoms with Crippen LogP contribution in [-0.4, -0.2) is 61.1 Å². The zero-order valence-corrected chi connectivity index (χ0v) is 20.3. The van der Waals surface area contributed by atoms with Crippen LogP contribution in [0.3, 0.4) is 0 Å². The normalized spacial score (nSPS) is 18.8. The van der Waals surface area contributed by atoms with Crippen molar-refractivity contribution in [3.05, 3.63) is 42.2 Å². The van der Waals surface area contributed by atoms with E-state index in [1.165, 1.54) is 6.42 Å². The highest BCUT2D eigenvalue weighted by molar-refractivity contribution is 7.89. The van der Waals surface area contributed by atoms with E-state index in [0.717, 1.165) is 50.9 Å². The molecule has 2 saturated heterocycles. The third-order valence-corrected chi connectivity index (χ3v) is 8.45. The van der Waals surface area contributed by atoms with E-state index in [0.29, 0.717) is 31.7 Å². The molecule has 1 aromatic heterocycles. The van der Waals surface area contributed by atoms with Crippen LogP contribution in [0.25, 0.3) is 0 Å². The zero-order valence-electron chi connectivity index (χ0n) is 19.4. The van der Waals surface area contributed by atoms with E-state index in [1.807, 2.05) is 29.9 Å². The van der Waals surface area contributed by atoms with Gasteiger partial charge < -0.3 is 10.2 Å². The molecule has 8 nitrogen and oxygen atoms in total. The van der Waals surface area contributed by atoms with Gasteiger partial charge in [-0.05, 0) is 62.3 Å². The maximum absolute atomic E-state index is 13.6. The molecule has 1 aromatic carbocycles. The highest BCUT2D eigenvalue weighted by Gasteiger charge is 2.31. The lowest BCUT2D eigenvalue weighted by molar-refractivity contribution is 0.0946. The predicted molar refractivity (Wildman–Crippen MR) is 129 cm³/mol. The van der Waals surface area contributed by atoms with Crippen LogP contribution in [0.15, 0.2) is 41.6 Å². The van der Waals surface area contributed by atoms with Crippen LogP contribution in [0.1, 0.15) is 55.8 Å². The van der Waals surface area contributed by atoms with Gasteiger partial charge in [0.25, 0.3) is 5.91 Å². The summed E-state index contributed by atoms with van der Waals surface area (Å²) in [4.78, 5) is 15.4. The summed E-state index contributed by atoms with van der Waals surface area (Å²) in [6.45, 7) is 6.02. The molecule has 180 valence electrons. The zero-order chi connectivity index (χ0) is 23.3. The van der Waals surface area contributed by atoms with Crippen LogP contribution in [0.2, 0.25) is 0 Å². The Labute approximate surface area is 197 Å². The van der Waals surface area contributed by atoms with Gasteiger partial charge in [0.2, 0.25) is 10.0 Å². The Balaban J connectivity index is 1.54. The number of nitrogens with zero attached hydrogens (tertiary/aromatic N) is 4. The van der Waals surface area contributed by atoms with Gasteiger partial charge in [0.15, 0.2) is 0 Å². The molecule has 2 aliphatic rings. The summed E-state index contributed by atoms with van der Waals surface area (Å²) in [5.41, 5.74) is 1.11. The van der Waals surface area contributed by atoms with Gasteiger partial charge in [0, 0.05) is 57.2 Å². The molecule has 0 bridgehead atoms. The lowest BCUT2D eigenvalue weighted by Crippen LogP contribution is -2.38. The Kier molecular flexibility index (Phi) is 7.70. The first-order chi connectivity index (χ1) is 15.9. The number of aromatic nitrogens is 2. The Morgan fingerprint density at radius 2 is 1.76 bits per heavy atom. The number of amides is 1. The van der Waals surface area contributed by atoms with Gasteiger partial charge in [0.05, 0.1) is 5.69 Å². The van der Waals surface area contributed by atoms with Crippen molar-refractivity contribution < 1.29 is 13.2 Å². The second-order valence-electron chi connectivity index (χ2n) is 9.24. The molecule has 2 aliphatic heterocycles. The number of carbonyl (C=O) groups excluding carboxylic acids is 1. The van der Waals surface area contributed by atoms with E-state index in [2.05, 4.69) is 15.3 Å². The molecule has 3 heterocycles. The molecule has 1 atom stereocenters. The molecule has 1 amide bonds. The van der Waals surface area contributed by atoms with E-state index in [-0.39, 0.29) is 16.7 Å². The second-order valence-corrected chi connectivity index (χ2v) is 11.1. The van der Waals surface area contributed by atoms with Crippen molar-refractivity contribution in [1.29, 1.82) is 0 Å². The maximum Gasteiger partial charge on any atom is 0.251 e. The second kappa shape index (κ2) is 10.7. The van der Waals surface area contributed by atoms with Crippen molar-refractivity contribution >= 4 is 21.6 Å². The van der Waals surface area contributed by atoms with Crippen molar-refractivity contribution in [3.63, 3.8) is 0 Å². The molecule has 0 spiro atoms. The summed E-state index contributed by atoms with van der Waals surface area (Å²) in [5.74, 6) is -0.0550. The molecular formula is C24H35N5O3S. The minimum atomic E-state index is -3.66.